The fourth-order valence-electron chi connectivity index (χ4n) is 6.83. The molecule has 3 aliphatic carbocycles. The van der Waals surface area contributed by atoms with Gasteiger partial charge in [0.1, 0.15) is 11.5 Å². The highest BCUT2D eigenvalue weighted by atomic mass is 16.5. The van der Waals surface area contributed by atoms with E-state index in [2.05, 4.69) is 0 Å². The molecule has 0 radical (unpaired) electrons. The topological polar surface area (TPSA) is 185 Å². The highest BCUT2D eigenvalue weighted by Crippen LogP contribution is 2.57. The third kappa shape index (κ3) is 3.41. The normalized spacial score (nSPS) is 35.1. The highest BCUT2D eigenvalue weighted by molar-refractivity contribution is 6.32. The third-order valence-corrected chi connectivity index (χ3v) is 8.57. The molecular weight excluding hydrogens is 496 g/mol. The number of carbonyl (C=O) groups is 5. The van der Waals surface area contributed by atoms with Gasteiger partial charge in [-0.15, -0.1) is 0 Å². The van der Waals surface area contributed by atoms with Crippen molar-refractivity contribution < 1.29 is 44.0 Å². The fraction of sp³-hybridized carbons (Fsp3) is 0.593. The van der Waals surface area contributed by atoms with Crippen LogP contribution in [0.4, 0.5) is 0 Å². The number of primary amides is 1. The summed E-state index contributed by atoms with van der Waals surface area (Å²) >= 11 is 0. The second-order valence-electron chi connectivity index (χ2n) is 11.9. The number of amides is 1. The van der Waals surface area contributed by atoms with Gasteiger partial charge in [-0.25, -0.2) is 0 Å². The van der Waals surface area contributed by atoms with Crippen molar-refractivity contribution >= 4 is 29.0 Å². The molecule has 8 unspecified atom stereocenters. The van der Waals surface area contributed by atoms with E-state index in [1.807, 2.05) is 20.8 Å². The summed E-state index contributed by atoms with van der Waals surface area (Å²) in [7, 11) is 4.29. The predicted octanol–water partition coefficient (Wildman–Crippen LogP) is -0.295. The van der Waals surface area contributed by atoms with Crippen molar-refractivity contribution in [3.63, 3.8) is 0 Å². The maximum atomic E-state index is 14.0. The minimum atomic E-state index is -3.03. The highest BCUT2D eigenvalue weighted by Gasteiger charge is 2.73. The van der Waals surface area contributed by atoms with Crippen LogP contribution in [0.25, 0.3) is 0 Å². The molecule has 206 valence electrons. The van der Waals surface area contributed by atoms with Gasteiger partial charge in [-0.1, -0.05) is 27.7 Å². The van der Waals surface area contributed by atoms with Gasteiger partial charge in [-0.3, -0.25) is 28.9 Å². The molecule has 0 heterocycles. The van der Waals surface area contributed by atoms with Crippen molar-refractivity contribution in [2.45, 2.75) is 56.8 Å². The van der Waals surface area contributed by atoms with Gasteiger partial charge in [0.25, 0.3) is 0 Å². The Morgan fingerprint density at radius 1 is 1.13 bits per heavy atom. The van der Waals surface area contributed by atoms with Gasteiger partial charge in [0, 0.05) is 17.0 Å². The summed E-state index contributed by atoms with van der Waals surface area (Å²) in [5, 5.41) is 34.6. The number of likely N-dealkylation sites (N-methyl/N-ethyl adjacent to an activating group) is 1. The fourth-order valence-corrected chi connectivity index (χ4v) is 6.83. The van der Waals surface area contributed by atoms with Crippen LogP contribution < -0.4 is 10.5 Å². The third-order valence-electron chi connectivity index (χ3n) is 8.57. The lowest BCUT2D eigenvalue weighted by atomic mass is 9.49. The van der Waals surface area contributed by atoms with Crippen molar-refractivity contribution in [2.75, 3.05) is 21.2 Å². The van der Waals surface area contributed by atoms with Crippen LogP contribution in [-0.4, -0.2) is 88.2 Å². The maximum Gasteiger partial charge on any atom is 0.235 e. The van der Waals surface area contributed by atoms with Crippen LogP contribution in [0.5, 0.6) is 11.5 Å². The molecule has 5 N–H and O–H groups in total. The van der Waals surface area contributed by atoms with Crippen LogP contribution >= 0.6 is 0 Å². The predicted molar refractivity (Wildman–Crippen MR) is 133 cm³/mol. The summed E-state index contributed by atoms with van der Waals surface area (Å²) in [5.74, 6) is -13.4. The number of hydrogen-bond acceptors (Lipinski definition) is 10. The van der Waals surface area contributed by atoms with E-state index in [4.69, 9.17) is 10.5 Å². The van der Waals surface area contributed by atoms with Crippen molar-refractivity contribution in [3.05, 3.63) is 22.8 Å². The van der Waals surface area contributed by atoms with E-state index in [-0.39, 0.29) is 22.6 Å². The molecule has 3 aliphatic rings. The van der Waals surface area contributed by atoms with E-state index < -0.39 is 81.8 Å². The summed E-state index contributed by atoms with van der Waals surface area (Å²) in [6.07, 6.45) is -1.70. The molecule has 0 bridgehead atoms. The number of ketones is 4. The number of aliphatic hydroxyl groups excluding tert-OH is 1. The van der Waals surface area contributed by atoms with Crippen molar-refractivity contribution in [3.8, 4) is 11.5 Å². The Morgan fingerprint density at radius 3 is 2.18 bits per heavy atom. The summed E-state index contributed by atoms with van der Waals surface area (Å²) in [4.78, 5) is 68.1. The molecule has 8 atom stereocenters. The maximum absolute atomic E-state index is 14.0. The van der Waals surface area contributed by atoms with E-state index >= 15 is 0 Å². The van der Waals surface area contributed by atoms with Crippen LogP contribution in [0.3, 0.4) is 0 Å². The number of carbonyl (C=O) groups excluding carboxylic acids is 5. The number of benzene rings is 1. The lowest BCUT2D eigenvalue weighted by Gasteiger charge is -2.56. The van der Waals surface area contributed by atoms with Crippen LogP contribution in [0.15, 0.2) is 6.07 Å². The van der Waals surface area contributed by atoms with Crippen molar-refractivity contribution in [1.29, 1.82) is 0 Å². The van der Waals surface area contributed by atoms with E-state index in [0.717, 1.165) is 0 Å². The molecule has 2 fully saturated rings. The number of fused-ring (bicyclic) bond motifs is 3. The Morgan fingerprint density at radius 2 is 1.71 bits per heavy atom. The average Bonchev–Trinajstić information content (AvgIpc) is 2.80. The molecule has 0 spiro atoms. The van der Waals surface area contributed by atoms with Crippen LogP contribution in [0, 0.1) is 23.7 Å². The lowest BCUT2D eigenvalue weighted by molar-refractivity contribution is -0.196. The second kappa shape index (κ2) is 8.69. The Bertz CT molecular complexity index is 1280. The smallest absolute Gasteiger partial charge is 0.235 e. The monoisotopic (exact) mass is 530 g/mol. The quantitative estimate of drug-likeness (QED) is 0.378. The molecule has 0 aliphatic heterocycles. The number of aliphatic hydroxyl groups is 2. The largest absolute Gasteiger partial charge is 0.507 e. The second-order valence-corrected chi connectivity index (χ2v) is 11.9. The first-order chi connectivity index (χ1) is 17.4. The summed E-state index contributed by atoms with van der Waals surface area (Å²) in [6, 6.07) is 0.191. The Hall–Kier alpha value is -3.15. The van der Waals surface area contributed by atoms with Gasteiger partial charge in [-0.05, 0) is 31.5 Å². The number of nitrogens with two attached hydrogens (primary N) is 1. The zero-order valence-corrected chi connectivity index (χ0v) is 22.4. The molecule has 2 saturated carbocycles. The minimum Gasteiger partial charge on any atom is -0.507 e. The molecule has 1 aromatic carbocycles. The minimum absolute atomic E-state index is 0.180. The number of ether oxygens (including phenoxy) is 1. The molecule has 11 nitrogen and oxygen atoms in total. The van der Waals surface area contributed by atoms with E-state index in [9.17, 15) is 39.3 Å². The number of aromatic hydroxyl groups is 1. The number of nitrogens with zero attached hydrogens (tertiary/aromatic N) is 1. The number of phenolic OH excluding ortho intramolecular Hbond substituents is 1. The van der Waals surface area contributed by atoms with E-state index in [1.54, 1.807) is 13.0 Å². The molecular formula is C27H34N2O9. The summed E-state index contributed by atoms with van der Waals surface area (Å²) in [6.45, 7) is 7.10. The molecule has 38 heavy (non-hydrogen) atoms. The number of Topliss-reactive ketones (excluding diaryl/α,β-unsaturated/α-hetero) is 4. The van der Waals surface area contributed by atoms with E-state index in [1.165, 1.54) is 26.1 Å². The van der Waals surface area contributed by atoms with Gasteiger partial charge in [-0.2, -0.15) is 0 Å². The van der Waals surface area contributed by atoms with Gasteiger partial charge >= 0.3 is 0 Å². The Kier molecular flexibility index (Phi) is 6.37. The Balaban J connectivity index is 2.01. The number of phenols is 1. The lowest BCUT2D eigenvalue weighted by Crippen LogP contribution is -2.77. The van der Waals surface area contributed by atoms with Crippen molar-refractivity contribution in [1.82, 2.24) is 4.90 Å². The SMILES string of the molecule is COc1cc(C(C)(C)C)c(O)c2c1C(C)C1C(C2=O)C(=O)C2(O)C(=O)C(C(N)=O)C(=O)C(N(C)C)C2C1O. The van der Waals surface area contributed by atoms with Gasteiger partial charge in [0.15, 0.2) is 34.7 Å². The molecule has 4 rings (SSSR count). The standard InChI is InChI=1S/C27H34N2O9/c1-9-12-11(38-7)8-10(26(2,3)4)19(30)14(12)20(31)15-13(9)21(32)17-18(29(5)6)22(33)16(25(28)36)24(35)27(17,37)23(15)34/h8-9,13,15-18,21,30,32,37H,1-7H3,(H2,28,36). The molecule has 0 aromatic heterocycles. The molecule has 11 heteroatoms. The van der Waals surface area contributed by atoms with Crippen LogP contribution in [0.1, 0.15) is 55.1 Å². The van der Waals surface area contributed by atoms with Gasteiger partial charge in [0.05, 0.1) is 36.7 Å². The first-order valence-corrected chi connectivity index (χ1v) is 12.4. The van der Waals surface area contributed by atoms with Crippen LogP contribution in [-0.2, 0) is 24.6 Å². The number of rotatable bonds is 3. The first-order valence-electron chi connectivity index (χ1n) is 12.4. The molecule has 1 aromatic rings. The zero-order valence-electron chi connectivity index (χ0n) is 22.4. The van der Waals surface area contributed by atoms with Gasteiger partial charge < -0.3 is 25.8 Å². The van der Waals surface area contributed by atoms with Crippen LogP contribution in [0.2, 0.25) is 0 Å². The first kappa shape index (κ1) is 27.9. The molecule has 1 amide bonds. The number of methoxy groups -OCH3 is 1. The summed E-state index contributed by atoms with van der Waals surface area (Å²) < 4.78 is 5.58. The van der Waals surface area contributed by atoms with Crippen molar-refractivity contribution in [2.24, 2.45) is 29.4 Å². The average molecular weight is 531 g/mol. The number of hydrogen-bond donors (Lipinski definition) is 4. The van der Waals surface area contributed by atoms with E-state index in [0.29, 0.717) is 5.56 Å². The zero-order chi connectivity index (χ0) is 28.8. The van der Waals surface area contributed by atoms with Gasteiger partial charge in [0.2, 0.25) is 5.91 Å². The Labute approximate surface area is 219 Å². The summed E-state index contributed by atoms with van der Waals surface area (Å²) in [5.41, 5.74) is 2.16. The molecule has 0 saturated heterocycles.